The second kappa shape index (κ2) is 11.9. The molecule has 114 valence electrons. The number of aliphatic hydroxyl groups is 1. The number of nitrogens with one attached hydrogen (secondary N) is 1. The normalized spacial score (nSPS) is 12.5. The molecule has 0 amide bonds. The van der Waals surface area contributed by atoms with E-state index in [9.17, 15) is 5.11 Å². The van der Waals surface area contributed by atoms with Crippen LogP contribution in [0, 0.1) is 0 Å². The minimum atomic E-state index is -0.200. The zero-order valence-electron chi connectivity index (χ0n) is 13.0. The van der Waals surface area contributed by atoms with Crippen molar-refractivity contribution in [3.8, 4) is 0 Å². The van der Waals surface area contributed by atoms with Crippen LogP contribution in [0.3, 0.4) is 0 Å². The molecule has 1 unspecified atom stereocenters. The van der Waals surface area contributed by atoms with Crippen molar-refractivity contribution in [2.24, 2.45) is 0 Å². The molecule has 0 bridgehead atoms. The molecule has 2 N–H and O–H groups in total. The molecule has 2 heteroatoms. The van der Waals surface area contributed by atoms with Gasteiger partial charge < -0.3 is 10.4 Å². The van der Waals surface area contributed by atoms with E-state index in [1.807, 2.05) is 18.2 Å². The number of benzene rings is 1. The van der Waals surface area contributed by atoms with Gasteiger partial charge in [-0.25, -0.2) is 0 Å². The maximum atomic E-state index is 9.91. The second-order valence-corrected chi connectivity index (χ2v) is 5.68. The highest BCUT2D eigenvalue weighted by Crippen LogP contribution is 2.09. The molecular formula is C18H31NO. The van der Waals surface area contributed by atoms with Crippen molar-refractivity contribution in [2.45, 2.75) is 70.9 Å². The largest absolute Gasteiger partial charge is 0.392 e. The molecule has 0 aliphatic carbocycles. The summed E-state index contributed by atoms with van der Waals surface area (Å²) in [6.07, 6.45) is 9.87. The summed E-state index contributed by atoms with van der Waals surface area (Å²) in [5.41, 5.74) is 1.27. The lowest BCUT2D eigenvalue weighted by Crippen LogP contribution is -2.26. The van der Waals surface area contributed by atoms with Gasteiger partial charge >= 0.3 is 0 Å². The average molecular weight is 277 g/mol. The highest BCUT2D eigenvalue weighted by Gasteiger charge is 2.03. The van der Waals surface area contributed by atoms with Gasteiger partial charge in [0.15, 0.2) is 0 Å². The zero-order valence-corrected chi connectivity index (χ0v) is 13.0. The van der Waals surface area contributed by atoms with Crippen molar-refractivity contribution in [3.05, 3.63) is 35.9 Å². The van der Waals surface area contributed by atoms with Crippen LogP contribution in [0.1, 0.15) is 63.9 Å². The molecule has 0 aliphatic heterocycles. The number of hydrogen-bond donors (Lipinski definition) is 2. The quantitative estimate of drug-likeness (QED) is 0.559. The molecule has 0 heterocycles. The Bertz CT molecular complexity index is 312. The van der Waals surface area contributed by atoms with Crippen molar-refractivity contribution in [3.63, 3.8) is 0 Å². The van der Waals surface area contributed by atoms with E-state index >= 15 is 0 Å². The molecule has 0 fully saturated rings. The molecule has 2 nitrogen and oxygen atoms in total. The molecule has 0 radical (unpaired) electrons. The van der Waals surface area contributed by atoms with E-state index in [2.05, 4.69) is 24.4 Å². The lowest BCUT2D eigenvalue weighted by molar-refractivity contribution is 0.157. The fourth-order valence-corrected chi connectivity index (χ4v) is 2.42. The van der Waals surface area contributed by atoms with E-state index < -0.39 is 0 Å². The van der Waals surface area contributed by atoms with Crippen LogP contribution >= 0.6 is 0 Å². The Morgan fingerprint density at radius 3 is 2.30 bits per heavy atom. The predicted octanol–water partition coefficient (Wildman–Crippen LogP) is 4.28. The van der Waals surface area contributed by atoms with Crippen LogP contribution in [0.2, 0.25) is 0 Å². The van der Waals surface area contributed by atoms with Gasteiger partial charge in [0.25, 0.3) is 0 Å². The van der Waals surface area contributed by atoms with Crippen molar-refractivity contribution in [2.75, 3.05) is 6.54 Å². The van der Waals surface area contributed by atoms with E-state index in [4.69, 9.17) is 0 Å². The summed E-state index contributed by atoms with van der Waals surface area (Å²) >= 11 is 0. The van der Waals surface area contributed by atoms with Crippen molar-refractivity contribution in [1.29, 1.82) is 0 Å². The molecule has 1 atom stereocenters. The molecule has 0 spiro atoms. The average Bonchev–Trinajstić information content (AvgIpc) is 2.47. The van der Waals surface area contributed by atoms with Crippen LogP contribution in [0.5, 0.6) is 0 Å². The van der Waals surface area contributed by atoms with E-state index in [1.54, 1.807) is 0 Å². The summed E-state index contributed by atoms with van der Waals surface area (Å²) in [4.78, 5) is 0. The summed E-state index contributed by atoms with van der Waals surface area (Å²) in [5.74, 6) is 0. The number of unbranched alkanes of at least 4 members (excludes halogenated alkanes) is 6. The van der Waals surface area contributed by atoms with Crippen LogP contribution < -0.4 is 5.32 Å². The summed E-state index contributed by atoms with van der Waals surface area (Å²) in [6, 6.07) is 10.3. The highest BCUT2D eigenvalue weighted by molar-refractivity contribution is 5.14. The monoisotopic (exact) mass is 277 g/mol. The first kappa shape index (κ1) is 17.2. The molecule has 1 aromatic carbocycles. The van der Waals surface area contributed by atoms with Gasteiger partial charge in [-0.2, -0.15) is 0 Å². The first-order valence-electron chi connectivity index (χ1n) is 8.25. The predicted molar refractivity (Wildman–Crippen MR) is 86.8 cm³/mol. The third-order valence-corrected chi connectivity index (χ3v) is 3.69. The van der Waals surface area contributed by atoms with Crippen molar-refractivity contribution >= 4 is 0 Å². The molecular weight excluding hydrogens is 246 g/mol. The SMILES string of the molecule is CCCCCCCCCC(O)CNCc1ccccc1. The number of rotatable bonds is 12. The smallest absolute Gasteiger partial charge is 0.0664 e. The number of hydrogen-bond acceptors (Lipinski definition) is 2. The minimum Gasteiger partial charge on any atom is -0.392 e. The zero-order chi connectivity index (χ0) is 14.5. The third-order valence-electron chi connectivity index (χ3n) is 3.69. The van der Waals surface area contributed by atoms with Gasteiger partial charge in [-0.15, -0.1) is 0 Å². The van der Waals surface area contributed by atoms with Crippen LogP contribution in [-0.4, -0.2) is 17.8 Å². The maximum absolute atomic E-state index is 9.91. The fraction of sp³-hybridized carbons (Fsp3) is 0.667. The minimum absolute atomic E-state index is 0.200. The van der Waals surface area contributed by atoms with Crippen LogP contribution in [0.4, 0.5) is 0 Å². The van der Waals surface area contributed by atoms with E-state index in [1.165, 1.54) is 44.1 Å². The molecule has 0 aromatic heterocycles. The van der Waals surface area contributed by atoms with Crippen molar-refractivity contribution in [1.82, 2.24) is 5.32 Å². The summed E-state index contributed by atoms with van der Waals surface area (Å²) in [6.45, 7) is 3.79. The lowest BCUT2D eigenvalue weighted by Gasteiger charge is -2.11. The van der Waals surface area contributed by atoms with Gasteiger partial charge in [-0.05, 0) is 12.0 Å². The Labute approximate surface area is 124 Å². The summed E-state index contributed by atoms with van der Waals surface area (Å²) < 4.78 is 0. The molecule has 1 aromatic rings. The Morgan fingerprint density at radius 1 is 0.950 bits per heavy atom. The third kappa shape index (κ3) is 9.11. The molecule has 0 aliphatic rings. The first-order chi connectivity index (χ1) is 9.83. The topological polar surface area (TPSA) is 32.3 Å². The standard InChI is InChI=1S/C18H31NO/c1-2-3-4-5-6-7-11-14-18(20)16-19-15-17-12-9-8-10-13-17/h8-10,12-13,18-20H,2-7,11,14-16H2,1H3. The highest BCUT2D eigenvalue weighted by atomic mass is 16.3. The summed E-state index contributed by atoms with van der Waals surface area (Å²) in [7, 11) is 0. The van der Waals surface area contributed by atoms with Crippen LogP contribution in [0.15, 0.2) is 30.3 Å². The Morgan fingerprint density at radius 2 is 1.60 bits per heavy atom. The van der Waals surface area contributed by atoms with E-state index in [-0.39, 0.29) is 6.10 Å². The summed E-state index contributed by atoms with van der Waals surface area (Å²) in [5, 5.41) is 13.2. The Balaban J connectivity index is 1.91. The molecule has 1 rings (SSSR count). The van der Waals surface area contributed by atoms with Gasteiger partial charge in [-0.1, -0.05) is 82.2 Å². The van der Waals surface area contributed by atoms with Gasteiger partial charge in [0.05, 0.1) is 6.10 Å². The van der Waals surface area contributed by atoms with E-state index in [0.717, 1.165) is 19.4 Å². The van der Waals surface area contributed by atoms with E-state index in [0.29, 0.717) is 6.54 Å². The second-order valence-electron chi connectivity index (χ2n) is 5.68. The molecule has 0 saturated carbocycles. The van der Waals surface area contributed by atoms with Gasteiger partial charge in [0, 0.05) is 13.1 Å². The van der Waals surface area contributed by atoms with Gasteiger partial charge in [-0.3, -0.25) is 0 Å². The van der Waals surface area contributed by atoms with Crippen molar-refractivity contribution < 1.29 is 5.11 Å². The van der Waals surface area contributed by atoms with Crippen LogP contribution in [0.25, 0.3) is 0 Å². The molecule has 0 saturated heterocycles. The Hall–Kier alpha value is -0.860. The lowest BCUT2D eigenvalue weighted by atomic mass is 10.1. The first-order valence-corrected chi connectivity index (χ1v) is 8.25. The van der Waals surface area contributed by atoms with Gasteiger partial charge in [0.2, 0.25) is 0 Å². The fourth-order valence-electron chi connectivity index (χ4n) is 2.42. The maximum Gasteiger partial charge on any atom is 0.0664 e. The molecule has 20 heavy (non-hydrogen) atoms. The van der Waals surface area contributed by atoms with Crippen LogP contribution in [-0.2, 0) is 6.54 Å². The Kier molecular flexibility index (Phi) is 10.3. The number of aliphatic hydroxyl groups excluding tert-OH is 1. The van der Waals surface area contributed by atoms with Gasteiger partial charge in [0.1, 0.15) is 0 Å².